The molecule has 2 aliphatic rings. The molecule has 1 atom stereocenters. The van der Waals surface area contributed by atoms with Crippen molar-refractivity contribution in [2.24, 2.45) is 0 Å². The minimum atomic E-state index is -0.154. The fraction of sp³-hybridized carbons (Fsp3) is 0.529. The number of likely N-dealkylation sites (tertiary alicyclic amines) is 1. The molecule has 0 radical (unpaired) electrons. The van der Waals surface area contributed by atoms with Crippen LogP contribution in [0.4, 0.5) is 0 Å². The van der Waals surface area contributed by atoms with Gasteiger partial charge >= 0.3 is 0 Å². The highest BCUT2D eigenvalue weighted by molar-refractivity contribution is 5.76. The van der Waals surface area contributed by atoms with Crippen molar-refractivity contribution >= 4 is 5.91 Å². The van der Waals surface area contributed by atoms with Gasteiger partial charge in [0.1, 0.15) is 12.4 Å². The first kappa shape index (κ1) is 15.1. The van der Waals surface area contributed by atoms with E-state index in [0.29, 0.717) is 6.54 Å². The molecule has 4 heterocycles. The third-order valence-corrected chi connectivity index (χ3v) is 4.96. The quantitative estimate of drug-likeness (QED) is 0.835. The smallest absolute Gasteiger partial charge is 0.273 e. The van der Waals surface area contributed by atoms with E-state index in [9.17, 15) is 9.59 Å². The van der Waals surface area contributed by atoms with Crippen LogP contribution in [-0.2, 0) is 24.3 Å². The van der Waals surface area contributed by atoms with Crippen molar-refractivity contribution in [3.05, 3.63) is 46.4 Å². The Kier molecular flexibility index (Phi) is 3.92. The first-order chi connectivity index (χ1) is 11.7. The summed E-state index contributed by atoms with van der Waals surface area (Å²) in [6, 6.07) is 3.49. The van der Waals surface area contributed by atoms with Crippen molar-refractivity contribution in [2.75, 3.05) is 13.1 Å². The maximum Gasteiger partial charge on any atom is 0.273 e. The first-order valence-electron chi connectivity index (χ1n) is 8.56. The molecule has 0 N–H and O–H groups in total. The van der Waals surface area contributed by atoms with Crippen molar-refractivity contribution in [3.8, 4) is 0 Å². The van der Waals surface area contributed by atoms with E-state index >= 15 is 0 Å². The highest BCUT2D eigenvalue weighted by Crippen LogP contribution is 2.28. The molecule has 0 spiro atoms. The fourth-order valence-corrected chi connectivity index (χ4v) is 3.83. The molecule has 1 fully saturated rings. The highest BCUT2D eigenvalue weighted by Gasteiger charge is 2.28. The van der Waals surface area contributed by atoms with E-state index < -0.39 is 0 Å². The molecule has 0 bridgehead atoms. The topological polar surface area (TPSA) is 73.0 Å². The monoisotopic (exact) mass is 327 g/mol. The van der Waals surface area contributed by atoms with Gasteiger partial charge in [0.25, 0.3) is 5.56 Å². The lowest BCUT2D eigenvalue weighted by Crippen LogP contribution is -2.41. The molecule has 7 heteroatoms. The Bertz CT molecular complexity index is 796. The fourth-order valence-electron chi connectivity index (χ4n) is 3.83. The summed E-state index contributed by atoms with van der Waals surface area (Å²) in [6.07, 6.45) is 7.36. The minimum absolute atomic E-state index is 0.0847. The Morgan fingerprint density at radius 3 is 3.04 bits per heavy atom. The number of aryl methyl sites for hydroxylation is 1. The van der Waals surface area contributed by atoms with Crippen LogP contribution in [0.25, 0.3) is 0 Å². The van der Waals surface area contributed by atoms with Gasteiger partial charge in [0.15, 0.2) is 0 Å². The number of fused-ring (bicyclic) bond motifs is 1. The zero-order valence-electron chi connectivity index (χ0n) is 13.6. The van der Waals surface area contributed by atoms with Crippen molar-refractivity contribution in [1.82, 2.24) is 24.2 Å². The van der Waals surface area contributed by atoms with E-state index in [0.717, 1.165) is 50.3 Å². The number of piperidine rings is 1. The zero-order chi connectivity index (χ0) is 16.5. The molecule has 24 heavy (non-hydrogen) atoms. The molecule has 0 aliphatic carbocycles. The van der Waals surface area contributed by atoms with Crippen LogP contribution in [-0.4, -0.2) is 43.2 Å². The minimum Gasteiger partial charge on any atom is -0.340 e. The van der Waals surface area contributed by atoms with E-state index in [2.05, 4.69) is 14.6 Å². The van der Waals surface area contributed by atoms with Gasteiger partial charge in [-0.05, 0) is 25.3 Å². The molecule has 126 valence electrons. The third-order valence-electron chi connectivity index (χ3n) is 4.96. The van der Waals surface area contributed by atoms with Gasteiger partial charge in [0, 0.05) is 56.1 Å². The van der Waals surface area contributed by atoms with Gasteiger partial charge in [0.05, 0.1) is 0 Å². The Morgan fingerprint density at radius 2 is 2.21 bits per heavy atom. The Hall–Kier alpha value is -2.44. The summed E-state index contributed by atoms with van der Waals surface area (Å²) in [5, 5.41) is 4.10. The summed E-state index contributed by atoms with van der Waals surface area (Å²) in [4.78, 5) is 30.5. The zero-order valence-corrected chi connectivity index (χ0v) is 13.6. The second-order valence-electron chi connectivity index (χ2n) is 6.57. The van der Waals surface area contributed by atoms with Crippen molar-refractivity contribution in [1.29, 1.82) is 0 Å². The van der Waals surface area contributed by atoms with Gasteiger partial charge in [-0.2, -0.15) is 10.1 Å². The molecule has 4 rings (SSSR count). The van der Waals surface area contributed by atoms with Crippen molar-refractivity contribution < 1.29 is 4.79 Å². The summed E-state index contributed by atoms with van der Waals surface area (Å²) in [7, 11) is 0. The Balaban J connectivity index is 1.53. The highest BCUT2D eigenvalue weighted by atomic mass is 16.2. The summed E-state index contributed by atoms with van der Waals surface area (Å²) in [5.74, 6) is 1.20. The van der Waals surface area contributed by atoms with E-state index in [1.165, 1.54) is 0 Å². The largest absolute Gasteiger partial charge is 0.340 e. The number of carbonyl (C=O) groups is 1. The number of nitrogens with zero attached hydrogens (tertiary/aromatic N) is 5. The van der Waals surface area contributed by atoms with Gasteiger partial charge in [-0.15, -0.1) is 0 Å². The molecular formula is C17H21N5O2. The maximum absolute atomic E-state index is 12.5. The van der Waals surface area contributed by atoms with Crippen LogP contribution in [0, 0.1) is 0 Å². The predicted octanol–water partition coefficient (Wildman–Crippen LogP) is 0.792. The molecule has 2 aromatic heterocycles. The normalized spacial score (nSPS) is 20.2. The number of aromatic nitrogens is 4. The van der Waals surface area contributed by atoms with Crippen LogP contribution in [0.1, 0.15) is 36.7 Å². The molecule has 7 nitrogen and oxygen atoms in total. The van der Waals surface area contributed by atoms with E-state index in [1.54, 1.807) is 23.1 Å². The van der Waals surface area contributed by atoms with Crippen LogP contribution in [0.2, 0.25) is 0 Å². The van der Waals surface area contributed by atoms with E-state index in [-0.39, 0.29) is 23.9 Å². The number of hydrogen-bond donors (Lipinski definition) is 0. The third kappa shape index (κ3) is 2.86. The van der Waals surface area contributed by atoms with E-state index in [1.807, 2.05) is 11.0 Å². The lowest BCUT2D eigenvalue weighted by Gasteiger charge is -2.34. The summed E-state index contributed by atoms with van der Waals surface area (Å²) >= 11 is 0. The lowest BCUT2D eigenvalue weighted by molar-refractivity contribution is -0.133. The van der Waals surface area contributed by atoms with Gasteiger partial charge in [-0.3, -0.25) is 14.3 Å². The average molecular weight is 327 g/mol. The van der Waals surface area contributed by atoms with Crippen molar-refractivity contribution in [2.45, 2.75) is 44.7 Å². The standard InChI is InChI=1S/C17H21N5O2/c23-16-10-14(22-9-2-5-15(22)19-16)13-4-1-7-20(11-13)17(24)12-21-8-3-6-18-21/h3,6,8,10,13H,1-2,4-5,7,9,11-12H2/t13-/m1/s1. The van der Waals surface area contributed by atoms with Crippen LogP contribution in [0.3, 0.4) is 0 Å². The average Bonchev–Trinajstić information content (AvgIpc) is 3.25. The van der Waals surface area contributed by atoms with Crippen LogP contribution < -0.4 is 5.56 Å². The van der Waals surface area contributed by atoms with Gasteiger partial charge in [0.2, 0.25) is 5.91 Å². The van der Waals surface area contributed by atoms with Crippen LogP contribution >= 0.6 is 0 Å². The molecule has 2 aromatic rings. The Morgan fingerprint density at radius 1 is 1.29 bits per heavy atom. The molecular weight excluding hydrogens is 306 g/mol. The summed E-state index contributed by atoms with van der Waals surface area (Å²) in [6.45, 7) is 2.64. The number of carbonyl (C=O) groups excluding carboxylic acids is 1. The SMILES string of the molecule is O=C(Cn1cccn1)N1CCC[C@@H](c2cc(=O)nc3n2CCC3)C1. The predicted molar refractivity (Wildman–Crippen MR) is 87.6 cm³/mol. The summed E-state index contributed by atoms with van der Waals surface area (Å²) in [5.41, 5.74) is 0.900. The molecule has 1 saturated heterocycles. The molecule has 0 aromatic carbocycles. The van der Waals surface area contributed by atoms with Gasteiger partial charge in [-0.25, -0.2) is 0 Å². The second-order valence-corrected chi connectivity index (χ2v) is 6.57. The van der Waals surface area contributed by atoms with Crippen LogP contribution in [0.15, 0.2) is 29.3 Å². The molecule has 0 unspecified atom stereocenters. The Labute approximate surface area is 139 Å². The number of hydrogen-bond acceptors (Lipinski definition) is 4. The maximum atomic E-state index is 12.5. The summed E-state index contributed by atoms with van der Waals surface area (Å²) < 4.78 is 3.84. The van der Waals surface area contributed by atoms with Gasteiger partial charge < -0.3 is 9.47 Å². The van der Waals surface area contributed by atoms with E-state index in [4.69, 9.17) is 0 Å². The molecule has 2 aliphatic heterocycles. The molecule has 1 amide bonds. The second kappa shape index (κ2) is 6.22. The number of rotatable bonds is 3. The molecule has 0 saturated carbocycles. The first-order valence-corrected chi connectivity index (χ1v) is 8.56. The van der Waals surface area contributed by atoms with Crippen LogP contribution in [0.5, 0.6) is 0 Å². The van der Waals surface area contributed by atoms with Gasteiger partial charge in [-0.1, -0.05) is 0 Å². The van der Waals surface area contributed by atoms with Crippen molar-refractivity contribution in [3.63, 3.8) is 0 Å². The number of amides is 1. The lowest BCUT2D eigenvalue weighted by atomic mass is 9.94.